The maximum atomic E-state index is 6.51. The molecule has 5 rings (SSSR count). The first-order valence-electron chi connectivity index (χ1n) is 7.86. The molecule has 1 atom stereocenters. The largest absolute Gasteiger partial charge is 0.373 e. The number of anilines is 1. The van der Waals surface area contributed by atoms with Crippen LogP contribution in [0.25, 0.3) is 22.2 Å². The lowest BCUT2D eigenvalue weighted by molar-refractivity contribution is 0.953. The topological polar surface area (TPSA) is 53.6 Å². The third-order valence-corrected chi connectivity index (χ3v) is 5.28. The van der Waals surface area contributed by atoms with Crippen LogP contribution in [0, 0.1) is 0 Å². The van der Waals surface area contributed by atoms with Crippen molar-refractivity contribution in [2.75, 3.05) is 5.32 Å². The predicted molar refractivity (Wildman–Crippen MR) is 101 cm³/mol. The number of halogens is 2. The zero-order chi connectivity index (χ0) is 17.0. The molecule has 0 spiro atoms. The highest BCUT2D eigenvalue weighted by Gasteiger charge is 2.28. The number of H-pyrrole nitrogens is 1. The molecule has 0 bridgehead atoms. The molecule has 0 fully saturated rings. The highest BCUT2D eigenvalue weighted by atomic mass is 35.5. The summed E-state index contributed by atoms with van der Waals surface area (Å²) in [4.78, 5) is 3.22. The molecule has 1 aliphatic rings. The third kappa shape index (κ3) is 2.15. The van der Waals surface area contributed by atoms with Crippen LogP contribution in [0.3, 0.4) is 0 Å². The summed E-state index contributed by atoms with van der Waals surface area (Å²) in [5.74, 6) is 0. The summed E-state index contributed by atoms with van der Waals surface area (Å²) >= 11 is 13.0. The van der Waals surface area contributed by atoms with Gasteiger partial charge in [0.2, 0.25) is 0 Å². The monoisotopic (exact) mass is 366 g/mol. The molecule has 0 amide bonds. The Morgan fingerprint density at radius 1 is 0.920 bits per heavy atom. The van der Waals surface area contributed by atoms with Crippen LogP contribution in [0.2, 0.25) is 10.0 Å². The third-order valence-electron chi connectivity index (χ3n) is 4.62. The maximum Gasteiger partial charge on any atom is 0.160 e. The number of aromatic amines is 1. The number of hydrogen-bond acceptors (Lipinski definition) is 3. The number of nitrogens with zero attached hydrogens (tertiary/aromatic N) is 2. The molecule has 3 heterocycles. The molecule has 0 saturated carbocycles. The quantitative estimate of drug-likeness (QED) is 0.471. The second kappa shape index (κ2) is 5.48. The molecule has 1 aliphatic heterocycles. The molecule has 6 heteroatoms. The van der Waals surface area contributed by atoms with Crippen LogP contribution in [-0.4, -0.2) is 15.2 Å². The van der Waals surface area contributed by atoms with Gasteiger partial charge in [-0.15, -0.1) is 5.10 Å². The second-order valence-corrected chi connectivity index (χ2v) is 6.80. The van der Waals surface area contributed by atoms with Gasteiger partial charge in [-0.25, -0.2) is 0 Å². The van der Waals surface area contributed by atoms with E-state index in [2.05, 4.69) is 32.6 Å². The average Bonchev–Trinajstić information content (AvgIpc) is 2.99. The zero-order valence-corrected chi connectivity index (χ0v) is 14.4. The number of hydrogen-bond donors (Lipinski definition) is 2. The van der Waals surface area contributed by atoms with Crippen molar-refractivity contribution in [3.05, 3.63) is 76.0 Å². The maximum absolute atomic E-state index is 6.51. The zero-order valence-electron chi connectivity index (χ0n) is 12.9. The molecule has 0 saturated heterocycles. The van der Waals surface area contributed by atoms with Gasteiger partial charge in [-0.3, -0.25) is 0 Å². The van der Waals surface area contributed by atoms with Crippen LogP contribution in [0.4, 0.5) is 5.69 Å². The van der Waals surface area contributed by atoms with Crippen LogP contribution in [0.15, 0.2) is 54.9 Å². The normalized spacial score (nSPS) is 15.5. The van der Waals surface area contributed by atoms with Gasteiger partial charge in [0.25, 0.3) is 0 Å². The molecule has 25 heavy (non-hydrogen) atoms. The van der Waals surface area contributed by atoms with Gasteiger partial charge in [0.15, 0.2) is 5.65 Å². The van der Waals surface area contributed by atoms with E-state index in [1.165, 1.54) is 0 Å². The number of para-hydroxylation sites is 1. The minimum atomic E-state index is -0.193. The Bertz CT molecular complexity index is 1100. The fraction of sp³-hybridized carbons (Fsp3) is 0.0526. The molecular weight excluding hydrogens is 355 g/mol. The van der Waals surface area contributed by atoms with Crippen molar-refractivity contribution in [3.8, 4) is 11.1 Å². The molecule has 1 unspecified atom stereocenters. The number of benzene rings is 2. The molecule has 2 aromatic carbocycles. The first-order chi connectivity index (χ1) is 12.2. The van der Waals surface area contributed by atoms with Gasteiger partial charge in [0.1, 0.15) is 0 Å². The van der Waals surface area contributed by atoms with Crippen molar-refractivity contribution in [2.24, 2.45) is 0 Å². The molecule has 0 radical (unpaired) electrons. The highest BCUT2D eigenvalue weighted by molar-refractivity contribution is 6.36. The summed E-state index contributed by atoms with van der Waals surface area (Å²) in [6.07, 6.45) is 3.75. The van der Waals surface area contributed by atoms with Crippen molar-refractivity contribution < 1.29 is 0 Å². The lowest BCUT2D eigenvalue weighted by atomic mass is 9.97. The van der Waals surface area contributed by atoms with E-state index in [9.17, 15) is 0 Å². The van der Waals surface area contributed by atoms with E-state index in [1.54, 1.807) is 6.20 Å². The smallest absolute Gasteiger partial charge is 0.160 e. The number of nitrogens with one attached hydrogen (secondary N) is 2. The summed E-state index contributed by atoms with van der Waals surface area (Å²) in [7, 11) is 0. The van der Waals surface area contributed by atoms with E-state index in [4.69, 9.17) is 23.2 Å². The molecule has 4 aromatic rings. The Balaban J connectivity index is 1.88. The predicted octanol–water partition coefficient (Wildman–Crippen LogP) is 5.45. The van der Waals surface area contributed by atoms with Crippen molar-refractivity contribution >= 4 is 39.9 Å². The second-order valence-electron chi connectivity index (χ2n) is 5.98. The van der Waals surface area contributed by atoms with E-state index >= 15 is 0 Å². The van der Waals surface area contributed by atoms with Gasteiger partial charge < -0.3 is 10.3 Å². The highest BCUT2D eigenvalue weighted by Crippen LogP contribution is 2.45. The van der Waals surface area contributed by atoms with E-state index in [0.717, 1.165) is 39.0 Å². The Labute approximate surface area is 153 Å². The van der Waals surface area contributed by atoms with Crippen LogP contribution in [-0.2, 0) is 0 Å². The number of aromatic nitrogens is 3. The number of rotatable bonds is 1. The summed E-state index contributed by atoms with van der Waals surface area (Å²) in [6.45, 7) is 0. The Morgan fingerprint density at radius 2 is 1.72 bits per heavy atom. The van der Waals surface area contributed by atoms with Crippen LogP contribution < -0.4 is 5.32 Å². The Kier molecular flexibility index (Phi) is 3.23. The minimum Gasteiger partial charge on any atom is -0.373 e. The molecule has 122 valence electrons. The standard InChI is InChI=1S/C19H12Cl2N4/c20-13-5-3-6-14(21)17(13)18-12-8-22-19-16(12)11(9-23-25-19)10-4-1-2-7-15(10)24-18/h1-9,18,24H,(H,22,25). The molecule has 0 aliphatic carbocycles. The van der Waals surface area contributed by atoms with Gasteiger partial charge >= 0.3 is 0 Å². The van der Waals surface area contributed by atoms with Crippen molar-refractivity contribution in [3.63, 3.8) is 0 Å². The number of fused-ring (bicyclic) bond motifs is 2. The van der Waals surface area contributed by atoms with Crippen molar-refractivity contribution in [2.45, 2.75) is 6.04 Å². The van der Waals surface area contributed by atoms with E-state index in [-0.39, 0.29) is 6.04 Å². The SMILES string of the molecule is Clc1cccc(Cl)c1C1Nc2ccccc2-c2cnnc3[nH]cc1c23. The van der Waals surface area contributed by atoms with Crippen LogP contribution in [0.1, 0.15) is 17.2 Å². The molecule has 4 nitrogen and oxygen atoms in total. The molecule has 2 aromatic heterocycles. The average molecular weight is 367 g/mol. The van der Waals surface area contributed by atoms with Gasteiger partial charge in [-0.2, -0.15) is 5.10 Å². The Morgan fingerprint density at radius 3 is 2.56 bits per heavy atom. The van der Waals surface area contributed by atoms with Crippen LogP contribution >= 0.6 is 23.2 Å². The van der Waals surface area contributed by atoms with Crippen molar-refractivity contribution in [1.82, 2.24) is 15.2 Å². The fourth-order valence-corrected chi connectivity index (χ4v) is 4.14. The fourth-order valence-electron chi connectivity index (χ4n) is 3.52. The minimum absolute atomic E-state index is 0.193. The Hall–Kier alpha value is -2.56. The van der Waals surface area contributed by atoms with E-state index in [0.29, 0.717) is 10.0 Å². The van der Waals surface area contributed by atoms with Gasteiger partial charge in [0, 0.05) is 49.6 Å². The summed E-state index contributed by atoms with van der Waals surface area (Å²) in [5.41, 5.74) is 5.77. The summed E-state index contributed by atoms with van der Waals surface area (Å²) < 4.78 is 0. The summed E-state index contributed by atoms with van der Waals surface area (Å²) in [6, 6.07) is 13.5. The van der Waals surface area contributed by atoms with Gasteiger partial charge in [-0.1, -0.05) is 47.5 Å². The van der Waals surface area contributed by atoms with Crippen molar-refractivity contribution in [1.29, 1.82) is 0 Å². The van der Waals surface area contributed by atoms with E-state index < -0.39 is 0 Å². The lowest BCUT2D eigenvalue weighted by Crippen LogP contribution is -2.12. The summed E-state index contributed by atoms with van der Waals surface area (Å²) in [5, 5.41) is 14.3. The lowest BCUT2D eigenvalue weighted by Gasteiger charge is -2.21. The molecular formula is C19H12Cl2N4. The first-order valence-corrected chi connectivity index (χ1v) is 8.62. The first kappa shape index (κ1) is 14.8. The molecule has 2 N–H and O–H groups in total. The van der Waals surface area contributed by atoms with E-state index in [1.807, 2.05) is 36.5 Å². The van der Waals surface area contributed by atoms with Crippen LogP contribution in [0.5, 0.6) is 0 Å². The van der Waals surface area contributed by atoms with Gasteiger partial charge in [0.05, 0.1) is 12.2 Å². The van der Waals surface area contributed by atoms with Gasteiger partial charge in [-0.05, 0) is 18.2 Å².